The van der Waals surface area contributed by atoms with E-state index in [1.54, 1.807) is 0 Å². The highest BCUT2D eigenvalue weighted by atomic mass is 28.4. The first-order valence-electron chi connectivity index (χ1n) is 11.0. The van der Waals surface area contributed by atoms with Crippen LogP contribution < -0.4 is 10.4 Å². The highest BCUT2D eigenvalue weighted by Crippen LogP contribution is 2.21. The van der Waals surface area contributed by atoms with Crippen molar-refractivity contribution in [3.63, 3.8) is 0 Å². The molecule has 1 rings (SSSR count). The monoisotopic (exact) mass is 394 g/mol. The molecule has 0 amide bonds. The lowest BCUT2D eigenvalue weighted by atomic mass is 10.3. The molecule has 4 heteroatoms. The third kappa shape index (κ3) is 6.95. The first kappa shape index (κ1) is 23.6. The van der Waals surface area contributed by atoms with Crippen LogP contribution in [0.2, 0.25) is 24.2 Å². The summed E-state index contributed by atoms with van der Waals surface area (Å²) in [6.45, 7) is 8.80. The molecular formula is C22H42O2Si2. The van der Waals surface area contributed by atoms with Crippen LogP contribution in [0, 0.1) is 0 Å². The first-order chi connectivity index (χ1) is 12.5. The molecule has 1 aromatic rings. The maximum atomic E-state index is 11.4. The van der Waals surface area contributed by atoms with Crippen molar-refractivity contribution >= 4 is 27.0 Å². The van der Waals surface area contributed by atoms with Gasteiger partial charge in [0.15, 0.2) is 0 Å². The summed E-state index contributed by atoms with van der Waals surface area (Å²) in [5.41, 5.74) is 0. The number of benzene rings is 1. The molecule has 0 aliphatic carbocycles. The van der Waals surface area contributed by atoms with Crippen LogP contribution in [0.1, 0.15) is 79.1 Å². The predicted molar refractivity (Wildman–Crippen MR) is 121 cm³/mol. The third-order valence-corrected chi connectivity index (χ3v) is 13.3. The smallest absolute Gasteiger partial charge is 0.220 e. The van der Waals surface area contributed by atoms with E-state index in [9.17, 15) is 9.59 Å². The minimum Gasteiger partial charge on any atom is -0.427 e. The van der Waals surface area contributed by atoms with Gasteiger partial charge in [-0.15, -0.1) is 0 Å². The zero-order chi connectivity index (χ0) is 19.5. The molecule has 0 saturated carbocycles. The summed E-state index contributed by atoms with van der Waals surface area (Å²) in [4.78, 5) is 22.8. The molecule has 2 nitrogen and oxygen atoms in total. The summed E-state index contributed by atoms with van der Waals surface area (Å²) in [6.07, 6.45) is 9.00. The predicted octanol–water partition coefficient (Wildman–Crippen LogP) is 5.18. The van der Waals surface area contributed by atoms with Crippen LogP contribution >= 0.6 is 0 Å². The van der Waals surface area contributed by atoms with Crippen molar-refractivity contribution in [2.24, 2.45) is 0 Å². The van der Waals surface area contributed by atoms with E-state index in [2.05, 4.69) is 52.0 Å². The fraction of sp³-hybridized carbons (Fsp3) is 0.727. The van der Waals surface area contributed by atoms with E-state index >= 15 is 0 Å². The molecule has 2 N–H and O–H groups in total. The molecule has 0 heterocycles. The van der Waals surface area contributed by atoms with E-state index in [4.69, 9.17) is 0 Å². The van der Waals surface area contributed by atoms with Crippen molar-refractivity contribution < 1.29 is 9.59 Å². The van der Waals surface area contributed by atoms with E-state index in [1.807, 2.05) is 0 Å². The second-order valence-electron chi connectivity index (χ2n) is 8.05. The normalized spacial score (nSPS) is 12.5. The van der Waals surface area contributed by atoms with E-state index < -0.39 is 16.6 Å². The second-order valence-corrected chi connectivity index (χ2v) is 15.3. The standard InChI is InChI=1S/C22H42O2Si2/c1-5-9-17-25(23,18-10-6-2)21-13-15-22(16-14-21)26(24,19-11-7-3)20-12-8-4/h13-16,23-24H,5-12,17-20H2,1-4H3. The molecule has 0 atom stereocenters. The zero-order valence-electron chi connectivity index (χ0n) is 17.7. The highest BCUT2D eigenvalue weighted by molar-refractivity contribution is 6.87. The molecule has 0 saturated heterocycles. The van der Waals surface area contributed by atoms with Crippen molar-refractivity contribution in [2.45, 2.75) is 103 Å². The summed E-state index contributed by atoms with van der Waals surface area (Å²) in [6, 6.07) is 12.5. The van der Waals surface area contributed by atoms with Gasteiger partial charge in [-0.1, -0.05) is 103 Å². The van der Waals surface area contributed by atoms with Crippen molar-refractivity contribution in [2.75, 3.05) is 0 Å². The molecule has 0 aliphatic heterocycles. The summed E-state index contributed by atoms with van der Waals surface area (Å²) < 4.78 is 0. The summed E-state index contributed by atoms with van der Waals surface area (Å²) in [5.74, 6) is 0. The lowest BCUT2D eigenvalue weighted by molar-refractivity contribution is 0.532. The van der Waals surface area contributed by atoms with Crippen LogP contribution in [-0.4, -0.2) is 26.2 Å². The molecule has 1 aromatic carbocycles. The Morgan fingerprint density at radius 3 is 0.962 bits per heavy atom. The average Bonchev–Trinajstić information content (AvgIpc) is 2.67. The molecule has 0 aromatic heterocycles. The van der Waals surface area contributed by atoms with Gasteiger partial charge in [0, 0.05) is 0 Å². The van der Waals surface area contributed by atoms with Gasteiger partial charge < -0.3 is 9.59 Å². The number of unbranched alkanes of at least 4 members (excludes halogenated alkanes) is 4. The lowest BCUT2D eigenvalue weighted by Gasteiger charge is -2.29. The van der Waals surface area contributed by atoms with Gasteiger partial charge in [0.2, 0.25) is 16.6 Å². The number of rotatable bonds is 14. The summed E-state index contributed by atoms with van der Waals surface area (Å²) >= 11 is 0. The number of hydrogen-bond acceptors (Lipinski definition) is 2. The van der Waals surface area contributed by atoms with Crippen LogP contribution in [0.25, 0.3) is 0 Å². The van der Waals surface area contributed by atoms with Gasteiger partial charge in [-0.05, 0) is 34.5 Å². The maximum absolute atomic E-state index is 11.4. The highest BCUT2D eigenvalue weighted by Gasteiger charge is 2.35. The van der Waals surface area contributed by atoms with Gasteiger partial charge in [0.25, 0.3) is 0 Å². The quantitative estimate of drug-likeness (QED) is 0.427. The van der Waals surface area contributed by atoms with Crippen molar-refractivity contribution in [3.8, 4) is 0 Å². The Bertz CT molecular complexity index is 426. The fourth-order valence-electron chi connectivity index (χ4n) is 3.79. The first-order valence-corrected chi connectivity index (χ1v) is 15.7. The summed E-state index contributed by atoms with van der Waals surface area (Å²) in [7, 11) is -4.73. The molecule has 0 fully saturated rings. The lowest BCUT2D eigenvalue weighted by Crippen LogP contribution is -2.51. The Kier molecular flexibility index (Phi) is 11.0. The molecule has 0 aliphatic rings. The van der Waals surface area contributed by atoms with Gasteiger partial charge in [0.05, 0.1) is 0 Å². The van der Waals surface area contributed by atoms with E-state index in [0.29, 0.717) is 0 Å². The largest absolute Gasteiger partial charge is 0.427 e. The van der Waals surface area contributed by atoms with E-state index in [0.717, 1.165) is 75.5 Å². The fourth-order valence-corrected chi connectivity index (χ4v) is 10.8. The minimum atomic E-state index is -2.37. The zero-order valence-corrected chi connectivity index (χ0v) is 19.7. The van der Waals surface area contributed by atoms with Crippen molar-refractivity contribution in [1.82, 2.24) is 0 Å². The molecular weight excluding hydrogens is 352 g/mol. The maximum Gasteiger partial charge on any atom is 0.220 e. The average molecular weight is 395 g/mol. The Morgan fingerprint density at radius 1 is 0.538 bits per heavy atom. The van der Waals surface area contributed by atoms with Crippen LogP contribution in [0.3, 0.4) is 0 Å². The molecule has 0 spiro atoms. The topological polar surface area (TPSA) is 40.5 Å². The van der Waals surface area contributed by atoms with Gasteiger partial charge in [-0.3, -0.25) is 0 Å². The van der Waals surface area contributed by atoms with Gasteiger partial charge in [-0.25, -0.2) is 0 Å². The van der Waals surface area contributed by atoms with Crippen molar-refractivity contribution in [3.05, 3.63) is 24.3 Å². The number of hydrogen-bond donors (Lipinski definition) is 2. The van der Waals surface area contributed by atoms with Crippen LogP contribution in [-0.2, 0) is 0 Å². The molecule has 0 radical (unpaired) electrons. The second kappa shape index (κ2) is 12.1. The molecule has 0 bridgehead atoms. The molecule has 26 heavy (non-hydrogen) atoms. The third-order valence-electron chi connectivity index (χ3n) is 5.74. The van der Waals surface area contributed by atoms with Gasteiger partial charge in [-0.2, -0.15) is 0 Å². The van der Waals surface area contributed by atoms with Crippen molar-refractivity contribution in [1.29, 1.82) is 0 Å². The van der Waals surface area contributed by atoms with Gasteiger partial charge >= 0.3 is 0 Å². The molecule has 0 unspecified atom stereocenters. The Morgan fingerprint density at radius 2 is 0.769 bits per heavy atom. The Balaban J connectivity index is 3.03. The molecule has 150 valence electrons. The Hall–Kier alpha value is -0.426. The Labute approximate surface area is 164 Å². The summed E-state index contributed by atoms with van der Waals surface area (Å²) in [5, 5.41) is 2.34. The van der Waals surface area contributed by atoms with Crippen LogP contribution in [0.4, 0.5) is 0 Å². The van der Waals surface area contributed by atoms with E-state index in [1.165, 1.54) is 10.4 Å². The van der Waals surface area contributed by atoms with Crippen LogP contribution in [0.5, 0.6) is 0 Å². The van der Waals surface area contributed by atoms with Gasteiger partial charge in [0.1, 0.15) is 0 Å². The van der Waals surface area contributed by atoms with Crippen LogP contribution in [0.15, 0.2) is 24.3 Å². The minimum absolute atomic E-state index is 0.968. The SMILES string of the molecule is CCCC[Si](O)(CCCC)c1ccc([Si](O)(CCCC)CCCC)cc1. The van der Waals surface area contributed by atoms with E-state index in [-0.39, 0.29) is 0 Å².